The first-order valence-corrected chi connectivity index (χ1v) is 6.30. The molecule has 0 spiro atoms. The van der Waals surface area contributed by atoms with Crippen LogP contribution in [0.4, 0.5) is 0 Å². The van der Waals surface area contributed by atoms with Crippen LogP contribution in [-0.2, 0) is 10.8 Å². The Morgan fingerprint density at radius 3 is 2.50 bits per heavy atom. The van der Waals surface area contributed by atoms with Crippen LogP contribution in [0.3, 0.4) is 0 Å². The van der Waals surface area contributed by atoms with Crippen molar-refractivity contribution in [3.63, 3.8) is 0 Å². The summed E-state index contributed by atoms with van der Waals surface area (Å²) in [5, 5.41) is 0.103. The molecule has 0 bridgehead atoms. The summed E-state index contributed by atoms with van der Waals surface area (Å²) in [5.41, 5.74) is 6.66. The Labute approximate surface area is 88.0 Å². The van der Waals surface area contributed by atoms with Gasteiger partial charge in [-0.3, -0.25) is 4.21 Å². The maximum Gasteiger partial charge on any atom is 0.0608 e. The van der Waals surface area contributed by atoms with E-state index in [4.69, 9.17) is 5.73 Å². The van der Waals surface area contributed by atoms with Crippen LogP contribution in [0.2, 0.25) is 0 Å². The lowest BCUT2D eigenvalue weighted by Gasteiger charge is -2.14. The first-order chi connectivity index (χ1) is 6.79. The molecule has 0 heterocycles. The van der Waals surface area contributed by atoms with Gasteiger partial charge in [-0.05, 0) is 18.5 Å². The molecule has 78 valence electrons. The van der Waals surface area contributed by atoms with Gasteiger partial charge in [0.05, 0.1) is 5.25 Å². The first kappa shape index (κ1) is 11.4. The van der Waals surface area contributed by atoms with E-state index in [-0.39, 0.29) is 5.25 Å². The minimum atomic E-state index is -0.796. The van der Waals surface area contributed by atoms with Gasteiger partial charge in [0.1, 0.15) is 0 Å². The van der Waals surface area contributed by atoms with Crippen LogP contribution in [0.1, 0.15) is 24.2 Å². The molecule has 0 saturated carbocycles. The van der Waals surface area contributed by atoms with Crippen molar-refractivity contribution in [1.82, 2.24) is 0 Å². The maximum atomic E-state index is 11.8. The summed E-state index contributed by atoms with van der Waals surface area (Å²) in [7, 11) is -0.796. The molecule has 2 nitrogen and oxygen atoms in total. The molecule has 1 aromatic rings. The van der Waals surface area contributed by atoms with Gasteiger partial charge in [-0.1, -0.05) is 37.3 Å². The third-order valence-corrected chi connectivity index (χ3v) is 3.91. The van der Waals surface area contributed by atoms with E-state index in [0.29, 0.717) is 12.3 Å². The van der Waals surface area contributed by atoms with Gasteiger partial charge in [-0.2, -0.15) is 0 Å². The van der Waals surface area contributed by atoms with E-state index in [9.17, 15) is 4.21 Å². The van der Waals surface area contributed by atoms with Crippen LogP contribution in [0.15, 0.2) is 30.3 Å². The summed E-state index contributed by atoms with van der Waals surface area (Å²) in [4.78, 5) is 0. The monoisotopic (exact) mass is 211 g/mol. The van der Waals surface area contributed by atoms with Crippen LogP contribution < -0.4 is 5.73 Å². The van der Waals surface area contributed by atoms with Crippen LogP contribution in [0.25, 0.3) is 0 Å². The summed E-state index contributed by atoms with van der Waals surface area (Å²) in [6.07, 6.45) is 0.796. The Bertz CT molecular complexity index is 287. The van der Waals surface area contributed by atoms with Crippen molar-refractivity contribution in [2.75, 3.05) is 12.3 Å². The molecule has 1 aromatic carbocycles. The summed E-state index contributed by atoms with van der Waals surface area (Å²) in [5.74, 6) is 0.694. The van der Waals surface area contributed by atoms with Gasteiger partial charge in [0.25, 0.3) is 0 Å². The van der Waals surface area contributed by atoms with Crippen LogP contribution >= 0.6 is 0 Å². The summed E-state index contributed by atoms with van der Waals surface area (Å²) >= 11 is 0. The number of benzene rings is 1. The molecule has 2 unspecified atom stereocenters. The van der Waals surface area contributed by atoms with Gasteiger partial charge in [0.2, 0.25) is 0 Å². The third-order valence-electron chi connectivity index (χ3n) is 2.20. The summed E-state index contributed by atoms with van der Waals surface area (Å²) < 4.78 is 11.8. The van der Waals surface area contributed by atoms with E-state index in [1.54, 1.807) is 0 Å². The maximum absolute atomic E-state index is 11.8. The molecule has 1 rings (SSSR count). The van der Waals surface area contributed by atoms with E-state index in [2.05, 4.69) is 0 Å². The fourth-order valence-corrected chi connectivity index (χ4v) is 2.73. The molecule has 2 atom stereocenters. The first-order valence-electron chi connectivity index (χ1n) is 4.91. The lowest BCUT2D eigenvalue weighted by molar-refractivity contribution is 0.665. The third kappa shape index (κ3) is 2.93. The average Bonchev–Trinajstić information content (AvgIpc) is 2.26. The Kier molecular flexibility index (Phi) is 4.84. The second-order valence-corrected chi connectivity index (χ2v) is 5.05. The van der Waals surface area contributed by atoms with E-state index in [1.807, 2.05) is 37.3 Å². The van der Waals surface area contributed by atoms with Gasteiger partial charge in [0.15, 0.2) is 0 Å². The van der Waals surface area contributed by atoms with Gasteiger partial charge in [-0.25, -0.2) is 0 Å². The lowest BCUT2D eigenvalue weighted by Crippen LogP contribution is -2.13. The Morgan fingerprint density at radius 1 is 1.36 bits per heavy atom. The Balaban J connectivity index is 2.83. The SMILES string of the molecule is CCS(=O)C(CCN)c1ccccc1. The van der Waals surface area contributed by atoms with Crippen molar-refractivity contribution in [1.29, 1.82) is 0 Å². The number of hydrogen-bond donors (Lipinski definition) is 1. The predicted octanol–water partition coefficient (Wildman–Crippen LogP) is 1.85. The minimum Gasteiger partial charge on any atom is -0.330 e. The summed E-state index contributed by atoms with van der Waals surface area (Å²) in [6.45, 7) is 2.54. The molecule has 0 aliphatic heterocycles. The highest BCUT2D eigenvalue weighted by Gasteiger charge is 2.15. The topological polar surface area (TPSA) is 43.1 Å². The second kappa shape index (κ2) is 5.94. The van der Waals surface area contributed by atoms with E-state index >= 15 is 0 Å². The van der Waals surface area contributed by atoms with Crippen molar-refractivity contribution in [3.8, 4) is 0 Å². The van der Waals surface area contributed by atoms with Gasteiger partial charge in [0, 0.05) is 16.6 Å². The predicted molar refractivity (Wildman–Crippen MR) is 61.5 cm³/mol. The van der Waals surface area contributed by atoms with Crippen LogP contribution in [0.5, 0.6) is 0 Å². The normalized spacial score (nSPS) is 15.0. The largest absolute Gasteiger partial charge is 0.330 e. The van der Waals surface area contributed by atoms with E-state index in [0.717, 1.165) is 12.0 Å². The van der Waals surface area contributed by atoms with Crippen molar-refractivity contribution in [3.05, 3.63) is 35.9 Å². The van der Waals surface area contributed by atoms with Gasteiger partial charge in [-0.15, -0.1) is 0 Å². The molecule has 2 N–H and O–H groups in total. The molecule has 14 heavy (non-hydrogen) atoms. The quantitative estimate of drug-likeness (QED) is 0.807. The van der Waals surface area contributed by atoms with E-state index < -0.39 is 10.8 Å². The number of nitrogens with two attached hydrogens (primary N) is 1. The summed E-state index contributed by atoms with van der Waals surface area (Å²) in [6, 6.07) is 9.97. The van der Waals surface area contributed by atoms with E-state index in [1.165, 1.54) is 0 Å². The van der Waals surface area contributed by atoms with Crippen LogP contribution in [0, 0.1) is 0 Å². The number of rotatable bonds is 5. The molecule has 0 fully saturated rings. The fourth-order valence-electron chi connectivity index (χ4n) is 1.47. The fraction of sp³-hybridized carbons (Fsp3) is 0.455. The van der Waals surface area contributed by atoms with Gasteiger partial charge >= 0.3 is 0 Å². The second-order valence-electron chi connectivity index (χ2n) is 3.15. The molecule has 0 amide bonds. The zero-order valence-electron chi connectivity index (χ0n) is 8.48. The van der Waals surface area contributed by atoms with Crippen molar-refractivity contribution < 1.29 is 4.21 Å². The molecule has 0 aromatic heterocycles. The molecule has 0 saturated heterocycles. The highest BCUT2D eigenvalue weighted by molar-refractivity contribution is 7.85. The lowest BCUT2D eigenvalue weighted by atomic mass is 10.1. The molecule has 0 aliphatic carbocycles. The average molecular weight is 211 g/mol. The molecule has 0 aliphatic rings. The van der Waals surface area contributed by atoms with Crippen molar-refractivity contribution >= 4 is 10.8 Å². The zero-order valence-corrected chi connectivity index (χ0v) is 9.30. The number of hydrogen-bond acceptors (Lipinski definition) is 2. The van der Waals surface area contributed by atoms with Crippen LogP contribution in [-0.4, -0.2) is 16.5 Å². The smallest absolute Gasteiger partial charge is 0.0608 e. The highest BCUT2D eigenvalue weighted by Crippen LogP contribution is 2.22. The Hall–Kier alpha value is -0.670. The zero-order chi connectivity index (χ0) is 10.4. The van der Waals surface area contributed by atoms with Crippen molar-refractivity contribution in [2.45, 2.75) is 18.6 Å². The minimum absolute atomic E-state index is 0.103. The van der Waals surface area contributed by atoms with Crippen molar-refractivity contribution in [2.24, 2.45) is 5.73 Å². The van der Waals surface area contributed by atoms with Gasteiger partial charge < -0.3 is 5.73 Å². The Morgan fingerprint density at radius 2 is 2.00 bits per heavy atom. The molecular weight excluding hydrogens is 194 g/mol. The standard InChI is InChI=1S/C11H17NOS/c1-2-14(13)11(8-9-12)10-6-4-3-5-7-10/h3-7,11H,2,8-9,12H2,1H3. The molecule has 0 radical (unpaired) electrons. The highest BCUT2D eigenvalue weighted by atomic mass is 32.2. The molecular formula is C11H17NOS. The molecule has 3 heteroatoms.